The Bertz CT molecular complexity index is 1100. The van der Waals surface area contributed by atoms with E-state index in [-0.39, 0.29) is 18.4 Å². The predicted molar refractivity (Wildman–Crippen MR) is 118 cm³/mol. The fourth-order valence-electron chi connectivity index (χ4n) is 3.79. The van der Waals surface area contributed by atoms with E-state index in [1.54, 1.807) is 6.07 Å². The van der Waals surface area contributed by atoms with Crippen molar-refractivity contribution in [3.8, 4) is 0 Å². The van der Waals surface area contributed by atoms with Crippen LogP contribution in [-0.2, 0) is 21.2 Å². The van der Waals surface area contributed by atoms with Gasteiger partial charge in [-0.3, -0.25) is 4.79 Å². The smallest absolute Gasteiger partial charge is 0.252 e. The Labute approximate surface area is 180 Å². The van der Waals surface area contributed by atoms with E-state index in [2.05, 4.69) is 15.3 Å². The molecule has 1 saturated heterocycles. The molecule has 7 nitrogen and oxygen atoms in total. The molecule has 3 aromatic rings. The SMILES string of the molecule is Cc1ccc(S(=O)(=O)N2CCC[C@H](C(=O)NCCCc3nc4ccccc4[nH]3)C2)s1. The van der Waals surface area contributed by atoms with Gasteiger partial charge < -0.3 is 10.3 Å². The summed E-state index contributed by atoms with van der Waals surface area (Å²) < 4.78 is 27.5. The second-order valence-electron chi connectivity index (χ2n) is 7.66. The van der Waals surface area contributed by atoms with E-state index < -0.39 is 10.0 Å². The van der Waals surface area contributed by atoms with Crippen LogP contribution in [-0.4, -0.2) is 48.2 Å². The van der Waals surface area contributed by atoms with Crippen LogP contribution in [0.3, 0.4) is 0 Å². The fourth-order valence-corrected chi connectivity index (χ4v) is 6.75. The van der Waals surface area contributed by atoms with Crippen LogP contribution < -0.4 is 5.32 Å². The number of carbonyl (C=O) groups is 1. The highest BCUT2D eigenvalue weighted by atomic mass is 32.2. The van der Waals surface area contributed by atoms with Crippen molar-refractivity contribution >= 4 is 38.3 Å². The first-order chi connectivity index (χ1) is 14.4. The number of aromatic amines is 1. The topological polar surface area (TPSA) is 95.2 Å². The van der Waals surface area contributed by atoms with Gasteiger partial charge in [0.05, 0.1) is 17.0 Å². The molecule has 30 heavy (non-hydrogen) atoms. The van der Waals surface area contributed by atoms with Crippen LogP contribution in [0.2, 0.25) is 0 Å². The van der Waals surface area contributed by atoms with E-state index in [9.17, 15) is 13.2 Å². The van der Waals surface area contributed by atoms with Gasteiger partial charge >= 0.3 is 0 Å². The highest BCUT2D eigenvalue weighted by molar-refractivity contribution is 7.91. The maximum Gasteiger partial charge on any atom is 0.252 e. The van der Waals surface area contributed by atoms with Crippen molar-refractivity contribution in [1.82, 2.24) is 19.6 Å². The minimum absolute atomic E-state index is 0.0677. The van der Waals surface area contributed by atoms with Gasteiger partial charge in [-0.15, -0.1) is 11.3 Å². The number of fused-ring (bicyclic) bond motifs is 1. The third kappa shape index (κ3) is 4.58. The lowest BCUT2D eigenvalue weighted by atomic mass is 9.99. The Balaban J connectivity index is 1.28. The molecule has 4 rings (SSSR count). The van der Waals surface area contributed by atoms with Gasteiger partial charge in [-0.2, -0.15) is 4.31 Å². The molecule has 0 radical (unpaired) electrons. The van der Waals surface area contributed by atoms with E-state index in [1.807, 2.05) is 37.3 Å². The molecule has 160 valence electrons. The number of aryl methyl sites for hydroxylation is 2. The molecule has 0 unspecified atom stereocenters. The summed E-state index contributed by atoms with van der Waals surface area (Å²) >= 11 is 1.28. The zero-order valence-electron chi connectivity index (χ0n) is 16.9. The van der Waals surface area contributed by atoms with Crippen LogP contribution in [0.1, 0.15) is 30.0 Å². The largest absolute Gasteiger partial charge is 0.356 e. The Morgan fingerprint density at radius 2 is 2.13 bits per heavy atom. The number of rotatable bonds is 7. The molecule has 1 aliphatic heterocycles. The summed E-state index contributed by atoms with van der Waals surface area (Å²) in [7, 11) is -3.52. The number of nitrogens with one attached hydrogen (secondary N) is 2. The lowest BCUT2D eigenvalue weighted by Gasteiger charge is -2.30. The summed E-state index contributed by atoms with van der Waals surface area (Å²) in [5.74, 6) is 0.536. The summed E-state index contributed by atoms with van der Waals surface area (Å²) in [4.78, 5) is 21.4. The molecule has 1 atom stereocenters. The lowest BCUT2D eigenvalue weighted by molar-refractivity contribution is -0.126. The zero-order chi connectivity index (χ0) is 21.1. The van der Waals surface area contributed by atoms with Crippen LogP contribution in [0, 0.1) is 12.8 Å². The molecular weight excluding hydrogens is 420 g/mol. The molecule has 1 aliphatic rings. The Hall–Kier alpha value is -2.23. The second-order valence-corrected chi connectivity index (χ2v) is 11.1. The van der Waals surface area contributed by atoms with Crippen LogP contribution in [0.5, 0.6) is 0 Å². The standard InChI is InChI=1S/C21H26N4O3S2/c1-15-10-11-20(29-15)30(27,28)25-13-5-6-16(14-25)21(26)22-12-4-9-19-23-17-7-2-3-8-18(17)24-19/h2-3,7-8,10-11,16H,4-6,9,12-14H2,1H3,(H,22,26)(H,23,24)/t16-/m0/s1. The van der Waals surface area contributed by atoms with Crippen molar-refractivity contribution in [2.75, 3.05) is 19.6 Å². The molecule has 1 aromatic carbocycles. The average Bonchev–Trinajstić information content (AvgIpc) is 3.37. The van der Waals surface area contributed by atoms with E-state index >= 15 is 0 Å². The molecular formula is C21H26N4O3S2. The summed E-state index contributed by atoms with van der Waals surface area (Å²) in [5, 5.41) is 2.97. The minimum Gasteiger partial charge on any atom is -0.356 e. The number of carbonyl (C=O) groups excluding carboxylic acids is 1. The van der Waals surface area contributed by atoms with Crippen LogP contribution in [0.25, 0.3) is 11.0 Å². The maximum atomic E-state index is 12.9. The van der Waals surface area contributed by atoms with Gasteiger partial charge in [-0.1, -0.05) is 12.1 Å². The van der Waals surface area contributed by atoms with Crippen molar-refractivity contribution in [2.45, 2.75) is 36.8 Å². The number of aromatic nitrogens is 2. The molecule has 0 aliphatic carbocycles. The third-order valence-corrected chi connectivity index (χ3v) is 8.73. The number of imidazole rings is 1. The zero-order valence-corrected chi connectivity index (χ0v) is 18.6. The predicted octanol–water partition coefficient (Wildman–Crippen LogP) is 3.08. The van der Waals surface area contributed by atoms with Crippen molar-refractivity contribution in [3.05, 3.63) is 47.1 Å². The molecule has 0 saturated carbocycles. The number of piperidine rings is 1. The van der Waals surface area contributed by atoms with Crippen LogP contribution in [0.15, 0.2) is 40.6 Å². The average molecular weight is 447 g/mol. The van der Waals surface area contributed by atoms with Gasteiger partial charge in [0.25, 0.3) is 10.0 Å². The number of sulfonamides is 1. The summed E-state index contributed by atoms with van der Waals surface area (Å²) in [6.45, 7) is 3.15. The highest BCUT2D eigenvalue weighted by Crippen LogP contribution is 2.28. The van der Waals surface area contributed by atoms with Gasteiger partial charge in [0.2, 0.25) is 5.91 Å². The van der Waals surface area contributed by atoms with Crippen molar-refractivity contribution in [2.24, 2.45) is 5.92 Å². The molecule has 0 bridgehead atoms. The summed E-state index contributed by atoms with van der Waals surface area (Å²) in [5.41, 5.74) is 1.96. The Morgan fingerprint density at radius 1 is 1.30 bits per heavy atom. The number of hydrogen-bond acceptors (Lipinski definition) is 5. The van der Waals surface area contributed by atoms with E-state index in [0.717, 1.165) is 34.6 Å². The number of hydrogen-bond donors (Lipinski definition) is 2. The molecule has 1 fully saturated rings. The van der Waals surface area contributed by atoms with Crippen molar-refractivity contribution in [1.29, 1.82) is 0 Å². The number of nitrogens with zero attached hydrogens (tertiary/aromatic N) is 2. The lowest BCUT2D eigenvalue weighted by Crippen LogP contribution is -2.45. The van der Waals surface area contributed by atoms with E-state index in [0.29, 0.717) is 30.1 Å². The highest BCUT2D eigenvalue weighted by Gasteiger charge is 2.33. The number of H-pyrrole nitrogens is 1. The molecule has 9 heteroatoms. The first kappa shape index (κ1) is 21.0. The third-order valence-electron chi connectivity index (χ3n) is 5.39. The number of amides is 1. The minimum atomic E-state index is -3.52. The summed E-state index contributed by atoms with van der Waals surface area (Å²) in [6.07, 6.45) is 2.93. The molecule has 3 heterocycles. The van der Waals surface area contributed by atoms with Gasteiger partial charge in [0.1, 0.15) is 10.0 Å². The molecule has 0 spiro atoms. The monoisotopic (exact) mass is 446 g/mol. The first-order valence-electron chi connectivity index (χ1n) is 10.2. The Morgan fingerprint density at radius 3 is 2.90 bits per heavy atom. The van der Waals surface area contributed by atoms with Gasteiger partial charge in [0.15, 0.2) is 0 Å². The summed E-state index contributed by atoms with van der Waals surface area (Å²) in [6, 6.07) is 11.4. The molecule has 2 aromatic heterocycles. The number of para-hydroxylation sites is 2. The molecule has 1 amide bonds. The fraction of sp³-hybridized carbons (Fsp3) is 0.429. The van der Waals surface area contributed by atoms with E-state index in [4.69, 9.17) is 0 Å². The molecule has 2 N–H and O–H groups in total. The quantitative estimate of drug-likeness (QED) is 0.545. The normalized spacial score (nSPS) is 18.0. The second kappa shape index (κ2) is 8.87. The van der Waals surface area contributed by atoms with Crippen molar-refractivity contribution < 1.29 is 13.2 Å². The van der Waals surface area contributed by atoms with E-state index in [1.165, 1.54) is 15.6 Å². The first-order valence-corrected chi connectivity index (χ1v) is 12.5. The van der Waals surface area contributed by atoms with Crippen molar-refractivity contribution in [3.63, 3.8) is 0 Å². The van der Waals surface area contributed by atoms with Gasteiger partial charge in [-0.05, 0) is 50.5 Å². The number of thiophene rings is 1. The van der Waals surface area contributed by atoms with Crippen LogP contribution in [0.4, 0.5) is 0 Å². The van der Waals surface area contributed by atoms with Gasteiger partial charge in [0, 0.05) is 30.9 Å². The maximum absolute atomic E-state index is 12.9. The van der Waals surface area contributed by atoms with Crippen LogP contribution >= 0.6 is 11.3 Å². The van der Waals surface area contributed by atoms with Gasteiger partial charge in [-0.25, -0.2) is 13.4 Å². The number of benzene rings is 1. The Kier molecular flexibility index (Phi) is 6.21.